The number of halogens is 2. The van der Waals surface area contributed by atoms with E-state index in [4.69, 9.17) is 21.1 Å². The lowest BCUT2D eigenvalue weighted by Gasteiger charge is -2.35. The molecule has 1 aliphatic rings. The van der Waals surface area contributed by atoms with Gasteiger partial charge >= 0.3 is 0 Å². The Morgan fingerprint density at radius 2 is 1.81 bits per heavy atom. The van der Waals surface area contributed by atoms with Gasteiger partial charge in [-0.15, -0.1) is 11.3 Å². The number of thiazole rings is 1. The fourth-order valence-electron chi connectivity index (χ4n) is 3.71. The van der Waals surface area contributed by atoms with Crippen molar-refractivity contribution in [3.8, 4) is 11.5 Å². The monoisotopic (exact) mass is 539 g/mol. The summed E-state index contributed by atoms with van der Waals surface area (Å²) < 4.78 is 13.6. The number of piperazine rings is 1. The summed E-state index contributed by atoms with van der Waals surface area (Å²) in [5.74, 6) is 1.53. The third-order valence-electron chi connectivity index (χ3n) is 5.41. The Hall–Kier alpha value is -1.42. The highest BCUT2D eigenvalue weighted by Gasteiger charge is 2.19. The van der Waals surface area contributed by atoms with Gasteiger partial charge in [0.2, 0.25) is 0 Å². The number of aromatic nitrogens is 1. The van der Waals surface area contributed by atoms with Crippen molar-refractivity contribution in [1.82, 2.24) is 14.8 Å². The van der Waals surface area contributed by atoms with Crippen LogP contribution >= 0.6 is 38.9 Å². The summed E-state index contributed by atoms with van der Waals surface area (Å²) in [6.07, 6.45) is -0.528. The Kier molecular flexibility index (Phi) is 8.26. The second kappa shape index (κ2) is 11.1. The Morgan fingerprint density at radius 1 is 1.09 bits per heavy atom. The molecule has 32 heavy (non-hydrogen) atoms. The molecule has 172 valence electrons. The SMILES string of the molecule is Cc1nc2cc(OCC(O)CN3CCN(CCOc4ccc(Br)c(Cl)c4)CC3)ccc2s1. The molecule has 1 unspecified atom stereocenters. The molecule has 9 heteroatoms. The lowest BCUT2D eigenvalue weighted by atomic mass is 10.2. The molecule has 2 aromatic carbocycles. The van der Waals surface area contributed by atoms with E-state index in [-0.39, 0.29) is 6.61 Å². The van der Waals surface area contributed by atoms with E-state index in [1.54, 1.807) is 11.3 Å². The molecule has 0 aliphatic carbocycles. The third kappa shape index (κ3) is 6.56. The first-order valence-electron chi connectivity index (χ1n) is 10.7. The van der Waals surface area contributed by atoms with Crippen molar-refractivity contribution in [3.05, 3.63) is 50.9 Å². The molecule has 0 radical (unpaired) electrons. The molecule has 3 aromatic rings. The Balaban J connectivity index is 1.13. The predicted octanol–water partition coefficient (Wildman–Crippen LogP) is 4.46. The maximum absolute atomic E-state index is 10.4. The van der Waals surface area contributed by atoms with E-state index in [1.165, 1.54) is 0 Å². The molecule has 0 spiro atoms. The standard InChI is InChI=1S/C23H27BrClN3O3S/c1-16-26-22-13-19(3-5-23(22)32-16)31-15-17(29)14-28-8-6-27(7-9-28)10-11-30-18-2-4-20(24)21(25)12-18/h2-5,12-13,17,29H,6-11,14-15H2,1H3. The van der Waals surface area contributed by atoms with Crippen molar-refractivity contribution >= 4 is 49.1 Å². The van der Waals surface area contributed by atoms with Crippen LogP contribution < -0.4 is 9.47 Å². The van der Waals surface area contributed by atoms with E-state index < -0.39 is 6.10 Å². The highest BCUT2D eigenvalue weighted by atomic mass is 79.9. The van der Waals surface area contributed by atoms with E-state index in [9.17, 15) is 5.11 Å². The highest BCUT2D eigenvalue weighted by molar-refractivity contribution is 9.10. The molecule has 0 saturated carbocycles. The maximum Gasteiger partial charge on any atom is 0.121 e. The van der Waals surface area contributed by atoms with Crippen LogP contribution in [0.1, 0.15) is 5.01 Å². The molecular weight excluding hydrogens is 514 g/mol. The number of nitrogens with zero attached hydrogens (tertiary/aromatic N) is 3. The Bertz CT molecular complexity index is 1040. The Labute approximate surface area is 205 Å². The van der Waals surface area contributed by atoms with Crippen LogP contribution in [0.15, 0.2) is 40.9 Å². The van der Waals surface area contributed by atoms with E-state index in [2.05, 4.69) is 30.7 Å². The Morgan fingerprint density at radius 3 is 2.59 bits per heavy atom. The second-order valence-corrected chi connectivity index (χ2v) is 10.4. The van der Waals surface area contributed by atoms with Gasteiger partial charge in [-0.2, -0.15) is 0 Å². The van der Waals surface area contributed by atoms with Crippen molar-refractivity contribution in [1.29, 1.82) is 0 Å². The first kappa shape index (κ1) is 23.7. The van der Waals surface area contributed by atoms with Crippen LogP contribution in [0.3, 0.4) is 0 Å². The van der Waals surface area contributed by atoms with E-state index in [0.717, 1.165) is 63.9 Å². The molecule has 1 N–H and O–H groups in total. The van der Waals surface area contributed by atoms with Gasteiger partial charge < -0.3 is 14.6 Å². The zero-order valence-electron chi connectivity index (χ0n) is 18.0. The van der Waals surface area contributed by atoms with Gasteiger partial charge in [0.05, 0.1) is 20.2 Å². The number of aliphatic hydroxyl groups is 1. The molecule has 1 aromatic heterocycles. The van der Waals surface area contributed by atoms with E-state index >= 15 is 0 Å². The molecule has 1 fully saturated rings. The fourth-order valence-corrected chi connectivity index (χ4v) is 4.93. The summed E-state index contributed by atoms with van der Waals surface area (Å²) in [5.41, 5.74) is 0.947. The normalized spacial score (nSPS) is 16.4. The van der Waals surface area contributed by atoms with Crippen LogP contribution in [0.4, 0.5) is 0 Å². The number of hydrogen-bond acceptors (Lipinski definition) is 7. The van der Waals surface area contributed by atoms with Gasteiger partial charge in [-0.25, -0.2) is 4.98 Å². The zero-order valence-corrected chi connectivity index (χ0v) is 21.1. The molecular formula is C23H27BrClN3O3S. The average Bonchev–Trinajstić information content (AvgIpc) is 3.15. The summed E-state index contributed by atoms with van der Waals surface area (Å²) in [6, 6.07) is 11.5. The van der Waals surface area contributed by atoms with Crippen molar-refractivity contribution in [3.63, 3.8) is 0 Å². The highest BCUT2D eigenvalue weighted by Crippen LogP contribution is 2.27. The number of hydrogen-bond donors (Lipinski definition) is 1. The average molecular weight is 541 g/mol. The number of benzene rings is 2. The summed E-state index contributed by atoms with van der Waals surface area (Å²) >= 11 is 11.2. The van der Waals surface area contributed by atoms with Gasteiger partial charge in [0, 0.05) is 49.8 Å². The van der Waals surface area contributed by atoms with Gasteiger partial charge in [-0.3, -0.25) is 9.80 Å². The quantitative estimate of drug-likeness (QED) is 0.433. The van der Waals surface area contributed by atoms with Crippen LogP contribution in [-0.2, 0) is 0 Å². The van der Waals surface area contributed by atoms with E-state index in [1.807, 2.05) is 43.3 Å². The molecule has 1 saturated heterocycles. The molecule has 4 rings (SSSR count). The van der Waals surface area contributed by atoms with Gasteiger partial charge in [0.25, 0.3) is 0 Å². The summed E-state index contributed by atoms with van der Waals surface area (Å²) in [7, 11) is 0. The van der Waals surface area contributed by atoms with Crippen molar-refractivity contribution in [2.45, 2.75) is 13.0 Å². The lowest BCUT2D eigenvalue weighted by Crippen LogP contribution is -2.50. The fraction of sp³-hybridized carbons (Fsp3) is 0.435. The maximum atomic E-state index is 10.4. The van der Waals surface area contributed by atoms with Gasteiger partial charge in [-0.05, 0) is 53.2 Å². The van der Waals surface area contributed by atoms with Crippen LogP contribution in [0.5, 0.6) is 11.5 Å². The van der Waals surface area contributed by atoms with Gasteiger partial charge in [0.1, 0.15) is 30.8 Å². The summed E-state index contributed by atoms with van der Waals surface area (Å²) in [6.45, 7) is 8.13. The van der Waals surface area contributed by atoms with E-state index in [0.29, 0.717) is 18.2 Å². The third-order valence-corrected chi connectivity index (χ3v) is 7.59. The molecule has 6 nitrogen and oxygen atoms in total. The summed E-state index contributed by atoms with van der Waals surface area (Å²) in [4.78, 5) is 9.16. The van der Waals surface area contributed by atoms with Crippen LogP contribution in [-0.4, -0.2) is 78.5 Å². The first-order chi connectivity index (χ1) is 15.5. The number of ether oxygens (including phenoxy) is 2. The number of aliphatic hydroxyl groups excluding tert-OH is 1. The molecule has 2 heterocycles. The zero-order chi connectivity index (χ0) is 22.5. The van der Waals surface area contributed by atoms with Crippen molar-refractivity contribution in [2.24, 2.45) is 0 Å². The predicted molar refractivity (Wildman–Crippen MR) is 133 cm³/mol. The smallest absolute Gasteiger partial charge is 0.121 e. The minimum Gasteiger partial charge on any atom is -0.492 e. The van der Waals surface area contributed by atoms with Crippen LogP contribution in [0.25, 0.3) is 10.2 Å². The molecule has 1 aliphatic heterocycles. The summed E-state index contributed by atoms with van der Waals surface area (Å²) in [5, 5.41) is 12.1. The molecule has 1 atom stereocenters. The number of aryl methyl sites for hydroxylation is 1. The lowest BCUT2D eigenvalue weighted by molar-refractivity contribution is 0.0436. The number of β-amino-alcohol motifs (C(OH)–C–C–N with tert-alkyl or cyclic N) is 1. The van der Waals surface area contributed by atoms with Crippen LogP contribution in [0, 0.1) is 6.92 Å². The molecule has 0 amide bonds. The molecule has 0 bridgehead atoms. The first-order valence-corrected chi connectivity index (χ1v) is 12.7. The largest absolute Gasteiger partial charge is 0.492 e. The van der Waals surface area contributed by atoms with Crippen molar-refractivity contribution in [2.75, 3.05) is 52.5 Å². The number of fused-ring (bicyclic) bond motifs is 1. The van der Waals surface area contributed by atoms with Crippen molar-refractivity contribution < 1.29 is 14.6 Å². The second-order valence-electron chi connectivity index (χ2n) is 7.89. The van der Waals surface area contributed by atoms with Crippen LogP contribution in [0.2, 0.25) is 5.02 Å². The minimum absolute atomic E-state index is 0.276. The number of rotatable bonds is 9. The van der Waals surface area contributed by atoms with Gasteiger partial charge in [-0.1, -0.05) is 11.6 Å². The van der Waals surface area contributed by atoms with Gasteiger partial charge in [0.15, 0.2) is 0 Å². The topological polar surface area (TPSA) is 58.1 Å². The minimum atomic E-state index is -0.528.